The van der Waals surface area contributed by atoms with Crippen molar-refractivity contribution in [2.45, 2.75) is 0 Å². The highest BCUT2D eigenvalue weighted by molar-refractivity contribution is 5.22. The molecule has 0 atom stereocenters. The molecule has 6 heteroatoms. The highest BCUT2D eigenvalue weighted by atomic mass is 19.1. The largest absolute Gasteiger partial charge is 0.490 e. The van der Waals surface area contributed by atoms with Crippen molar-refractivity contribution >= 4 is 5.95 Å². The Morgan fingerprint density at radius 1 is 1.11 bits per heavy atom. The number of anilines is 1. The van der Waals surface area contributed by atoms with Gasteiger partial charge in [-0.2, -0.15) is 9.37 Å². The number of rotatable bonds is 5. The van der Waals surface area contributed by atoms with Crippen LogP contribution in [0.2, 0.25) is 0 Å². The van der Waals surface area contributed by atoms with E-state index in [1.807, 2.05) is 30.3 Å². The van der Waals surface area contributed by atoms with Crippen LogP contribution in [0.5, 0.6) is 11.6 Å². The van der Waals surface area contributed by atoms with E-state index in [2.05, 4.69) is 9.97 Å². The van der Waals surface area contributed by atoms with Gasteiger partial charge in [-0.1, -0.05) is 18.2 Å². The van der Waals surface area contributed by atoms with E-state index >= 15 is 0 Å². The first-order valence-electron chi connectivity index (χ1n) is 5.34. The van der Waals surface area contributed by atoms with E-state index < -0.39 is 5.82 Å². The van der Waals surface area contributed by atoms with Gasteiger partial charge in [0, 0.05) is 0 Å². The van der Waals surface area contributed by atoms with Gasteiger partial charge < -0.3 is 15.2 Å². The van der Waals surface area contributed by atoms with Crippen LogP contribution in [0.1, 0.15) is 0 Å². The zero-order valence-corrected chi connectivity index (χ0v) is 9.54. The molecule has 1 aromatic heterocycles. The summed E-state index contributed by atoms with van der Waals surface area (Å²) < 4.78 is 23.7. The Morgan fingerprint density at radius 3 is 2.61 bits per heavy atom. The molecule has 0 fully saturated rings. The van der Waals surface area contributed by atoms with Gasteiger partial charge >= 0.3 is 0 Å². The summed E-state index contributed by atoms with van der Waals surface area (Å²) in [4.78, 5) is 7.13. The Bertz CT molecular complexity index is 508. The molecule has 0 aliphatic heterocycles. The van der Waals surface area contributed by atoms with Gasteiger partial charge in [0.15, 0.2) is 0 Å². The average molecular weight is 249 g/mol. The first-order chi connectivity index (χ1) is 8.75. The molecule has 2 N–H and O–H groups in total. The Kier molecular flexibility index (Phi) is 3.90. The molecule has 0 radical (unpaired) electrons. The van der Waals surface area contributed by atoms with Crippen LogP contribution < -0.4 is 15.2 Å². The molecule has 94 valence electrons. The number of nitrogens with two attached hydrogens (primary N) is 1. The molecule has 5 nitrogen and oxygen atoms in total. The maximum absolute atomic E-state index is 13.2. The molecular formula is C12H12FN3O2. The van der Waals surface area contributed by atoms with Crippen LogP contribution in [0.4, 0.5) is 10.3 Å². The monoisotopic (exact) mass is 249 g/mol. The average Bonchev–Trinajstić information content (AvgIpc) is 2.40. The van der Waals surface area contributed by atoms with Crippen molar-refractivity contribution in [2.24, 2.45) is 0 Å². The third-order valence-electron chi connectivity index (χ3n) is 2.06. The number of nitrogen functional groups attached to an aromatic ring is 1. The lowest BCUT2D eigenvalue weighted by molar-refractivity contribution is 0.205. The second kappa shape index (κ2) is 5.81. The fourth-order valence-corrected chi connectivity index (χ4v) is 1.28. The minimum atomic E-state index is -0.649. The number of hydrogen-bond donors (Lipinski definition) is 1. The summed E-state index contributed by atoms with van der Waals surface area (Å²) >= 11 is 0. The lowest BCUT2D eigenvalue weighted by Crippen LogP contribution is -2.11. The van der Waals surface area contributed by atoms with Gasteiger partial charge in [-0.15, -0.1) is 0 Å². The van der Waals surface area contributed by atoms with Crippen molar-refractivity contribution in [2.75, 3.05) is 18.9 Å². The molecule has 0 saturated carbocycles. The molecular weight excluding hydrogens is 237 g/mol. The van der Waals surface area contributed by atoms with Crippen LogP contribution >= 0.6 is 0 Å². The zero-order chi connectivity index (χ0) is 12.8. The van der Waals surface area contributed by atoms with Crippen LogP contribution in [0.25, 0.3) is 0 Å². The first kappa shape index (κ1) is 12.1. The first-order valence-corrected chi connectivity index (χ1v) is 5.34. The van der Waals surface area contributed by atoms with Gasteiger partial charge in [0.25, 0.3) is 5.88 Å². The Hall–Kier alpha value is -2.37. The molecule has 2 rings (SSSR count). The van der Waals surface area contributed by atoms with Crippen LogP contribution in [-0.2, 0) is 0 Å². The van der Waals surface area contributed by atoms with Crippen LogP contribution in [0.15, 0.2) is 36.5 Å². The SMILES string of the molecule is Nc1ncc(F)c(OCCOc2ccccc2)n1. The minimum Gasteiger partial charge on any atom is -0.490 e. The minimum absolute atomic E-state index is 0.0321. The van der Waals surface area contributed by atoms with Crippen LogP contribution in [0.3, 0.4) is 0 Å². The number of nitrogens with zero attached hydrogens (tertiary/aromatic N) is 2. The van der Waals surface area contributed by atoms with Crippen molar-refractivity contribution in [1.29, 1.82) is 0 Å². The predicted octanol–water partition coefficient (Wildman–Crippen LogP) is 1.66. The van der Waals surface area contributed by atoms with Gasteiger partial charge in [0.1, 0.15) is 19.0 Å². The van der Waals surface area contributed by atoms with Gasteiger partial charge in [-0.25, -0.2) is 4.98 Å². The van der Waals surface area contributed by atoms with E-state index in [4.69, 9.17) is 15.2 Å². The van der Waals surface area contributed by atoms with Gasteiger partial charge in [0.05, 0.1) is 6.20 Å². The number of benzene rings is 1. The van der Waals surface area contributed by atoms with E-state index in [-0.39, 0.29) is 25.0 Å². The summed E-state index contributed by atoms with van der Waals surface area (Å²) in [5, 5.41) is 0. The van der Waals surface area contributed by atoms with Crippen molar-refractivity contribution in [3.8, 4) is 11.6 Å². The van der Waals surface area contributed by atoms with Crippen molar-refractivity contribution in [3.05, 3.63) is 42.3 Å². The molecule has 0 aliphatic carbocycles. The topological polar surface area (TPSA) is 70.3 Å². The van der Waals surface area contributed by atoms with E-state index in [9.17, 15) is 4.39 Å². The van der Waals surface area contributed by atoms with Gasteiger partial charge in [0.2, 0.25) is 11.8 Å². The van der Waals surface area contributed by atoms with Gasteiger partial charge in [-0.3, -0.25) is 0 Å². The zero-order valence-electron chi connectivity index (χ0n) is 9.54. The Morgan fingerprint density at radius 2 is 1.83 bits per heavy atom. The molecule has 0 bridgehead atoms. The molecule has 0 spiro atoms. The molecule has 2 aromatic rings. The summed E-state index contributed by atoms with van der Waals surface area (Å²) in [6, 6.07) is 9.26. The van der Waals surface area contributed by atoms with Crippen LogP contribution in [0, 0.1) is 5.82 Å². The number of hydrogen-bond acceptors (Lipinski definition) is 5. The maximum atomic E-state index is 13.2. The molecule has 0 saturated heterocycles. The second-order valence-electron chi connectivity index (χ2n) is 3.39. The Labute approximate surface area is 103 Å². The maximum Gasteiger partial charge on any atom is 0.255 e. The lowest BCUT2D eigenvalue weighted by Gasteiger charge is -2.08. The summed E-state index contributed by atoms with van der Waals surface area (Å²) in [5.74, 6) is -0.123. The molecule has 0 aliphatic rings. The number of aromatic nitrogens is 2. The molecule has 1 aromatic carbocycles. The van der Waals surface area contributed by atoms with E-state index in [1.165, 1.54) is 0 Å². The van der Waals surface area contributed by atoms with Crippen molar-refractivity contribution < 1.29 is 13.9 Å². The fourth-order valence-electron chi connectivity index (χ4n) is 1.28. The van der Waals surface area contributed by atoms with Crippen molar-refractivity contribution in [3.63, 3.8) is 0 Å². The third kappa shape index (κ3) is 3.31. The molecule has 0 unspecified atom stereocenters. The van der Waals surface area contributed by atoms with Gasteiger partial charge in [-0.05, 0) is 12.1 Å². The number of ether oxygens (including phenoxy) is 2. The van der Waals surface area contributed by atoms with E-state index in [0.29, 0.717) is 0 Å². The molecule has 18 heavy (non-hydrogen) atoms. The predicted molar refractivity (Wildman–Crippen MR) is 63.8 cm³/mol. The fraction of sp³-hybridized carbons (Fsp3) is 0.167. The summed E-state index contributed by atoms with van der Waals surface area (Å²) in [5.41, 5.74) is 5.32. The summed E-state index contributed by atoms with van der Waals surface area (Å²) in [6.07, 6.45) is 0.968. The third-order valence-corrected chi connectivity index (χ3v) is 2.06. The van der Waals surface area contributed by atoms with E-state index in [0.717, 1.165) is 11.9 Å². The molecule has 0 amide bonds. The Balaban J connectivity index is 1.80. The van der Waals surface area contributed by atoms with Crippen LogP contribution in [-0.4, -0.2) is 23.2 Å². The normalized spacial score (nSPS) is 10.1. The summed E-state index contributed by atoms with van der Waals surface area (Å²) in [7, 11) is 0. The smallest absolute Gasteiger partial charge is 0.255 e. The highest BCUT2D eigenvalue weighted by Crippen LogP contribution is 2.13. The number of halogens is 1. The standard InChI is InChI=1S/C12H12FN3O2/c13-10-8-15-12(14)16-11(10)18-7-6-17-9-4-2-1-3-5-9/h1-5,8H,6-7H2,(H2,14,15,16). The lowest BCUT2D eigenvalue weighted by atomic mass is 10.3. The van der Waals surface area contributed by atoms with Crippen molar-refractivity contribution in [1.82, 2.24) is 9.97 Å². The quantitative estimate of drug-likeness (QED) is 0.816. The molecule has 1 heterocycles. The highest BCUT2D eigenvalue weighted by Gasteiger charge is 2.06. The second-order valence-corrected chi connectivity index (χ2v) is 3.39. The summed E-state index contributed by atoms with van der Waals surface area (Å²) in [6.45, 7) is 0.454. The number of para-hydroxylation sites is 1. The van der Waals surface area contributed by atoms with E-state index in [1.54, 1.807) is 0 Å².